The third kappa shape index (κ3) is 8.06. The van der Waals surface area contributed by atoms with Gasteiger partial charge in [0.2, 0.25) is 0 Å². The van der Waals surface area contributed by atoms with Crippen molar-refractivity contribution in [1.82, 2.24) is 0 Å². The highest BCUT2D eigenvalue weighted by molar-refractivity contribution is 5.15. The molecule has 196 valence electrons. The number of halogens is 1. The molecule has 1 aliphatic heterocycles. The molecule has 0 aromatic heterocycles. The van der Waals surface area contributed by atoms with Crippen LogP contribution >= 0.6 is 0 Å². The normalized spacial score (nSPS) is 24.4. The first-order valence-corrected chi connectivity index (χ1v) is 12.6. The highest BCUT2D eigenvalue weighted by Crippen LogP contribution is 2.31. The van der Waals surface area contributed by atoms with Crippen LogP contribution in [-0.4, -0.2) is 43.5 Å². The second-order valence-electron chi connectivity index (χ2n) is 9.09. The summed E-state index contributed by atoms with van der Waals surface area (Å²) in [5.41, 5.74) is 2.91. The van der Waals surface area contributed by atoms with Crippen LogP contribution in [0, 0.1) is 0 Å². The minimum atomic E-state index is -1.49. The van der Waals surface area contributed by atoms with Crippen LogP contribution < -0.4 is 0 Å². The van der Waals surface area contributed by atoms with Gasteiger partial charge in [-0.2, -0.15) is 0 Å². The molecule has 0 spiro atoms. The maximum absolute atomic E-state index is 16.0. The van der Waals surface area contributed by atoms with Gasteiger partial charge in [-0.15, -0.1) is 6.58 Å². The molecule has 0 radical (unpaired) electrons. The van der Waals surface area contributed by atoms with Crippen LogP contribution in [0.4, 0.5) is 4.39 Å². The van der Waals surface area contributed by atoms with Crippen molar-refractivity contribution < 1.29 is 28.1 Å². The molecule has 1 unspecified atom stereocenters. The molecule has 0 aliphatic carbocycles. The summed E-state index contributed by atoms with van der Waals surface area (Å²) in [6.07, 6.45) is -3.63. The summed E-state index contributed by atoms with van der Waals surface area (Å²) in [7, 11) is 0. The van der Waals surface area contributed by atoms with E-state index in [0.29, 0.717) is 6.61 Å². The fourth-order valence-electron chi connectivity index (χ4n) is 4.14. The first-order chi connectivity index (χ1) is 18.1. The van der Waals surface area contributed by atoms with Crippen molar-refractivity contribution in [3.63, 3.8) is 0 Å². The van der Waals surface area contributed by atoms with Crippen molar-refractivity contribution >= 4 is 0 Å². The zero-order valence-corrected chi connectivity index (χ0v) is 21.2. The molecule has 6 heteroatoms. The fraction of sp³-hybridized carbons (Fsp3) is 0.355. The topological polar surface area (TPSA) is 46.2 Å². The molecule has 0 bridgehead atoms. The van der Waals surface area contributed by atoms with E-state index < -0.39 is 30.8 Å². The zero-order chi connectivity index (χ0) is 25.9. The summed E-state index contributed by atoms with van der Waals surface area (Å²) in [6, 6.07) is 29.2. The standard InChI is InChI=1S/C31H35FO5/c1-3-23(2)36-31-30(35-21-26-17-11-6-12-18-26)29(34-20-25-15-9-5-10-16-25)28(32)27(37-31)22-33-19-24-13-7-4-8-14-24/h3-18,23,27-31H,1,19-22H2,2H3/t23?,27-,28+,29+,30-,31-/m1/s1. The minimum Gasteiger partial charge on any atom is -0.374 e. The van der Waals surface area contributed by atoms with E-state index in [1.807, 2.05) is 97.9 Å². The van der Waals surface area contributed by atoms with Gasteiger partial charge in [0.15, 0.2) is 12.5 Å². The Kier molecular flexibility index (Phi) is 10.4. The molecule has 6 atom stereocenters. The molecule has 0 saturated carbocycles. The van der Waals surface area contributed by atoms with Crippen LogP contribution in [0.1, 0.15) is 23.6 Å². The van der Waals surface area contributed by atoms with Crippen molar-refractivity contribution in [3.8, 4) is 0 Å². The molecule has 3 aromatic rings. The number of rotatable bonds is 13. The molecule has 1 saturated heterocycles. The summed E-state index contributed by atoms with van der Waals surface area (Å²) in [6.45, 7) is 6.57. The highest BCUT2D eigenvalue weighted by atomic mass is 19.1. The van der Waals surface area contributed by atoms with Gasteiger partial charge in [-0.25, -0.2) is 4.39 Å². The molecule has 5 nitrogen and oxygen atoms in total. The third-order valence-electron chi connectivity index (χ3n) is 6.21. The van der Waals surface area contributed by atoms with E-state index in [2.05, 4.69) is 6.58 Å². The average molecular weight is 507 g/mol. The van der Waals surface area contributed by atoms with Crippen LogP contribution in [0.15, 0.2) is 104 Å². The Balaban J connectivity index is 1.51. The van der Waals surface area contributed by atoms with Crippen molar-refractivity contribution in [3.05, 3.63) is 120 Å². The van der Waals surface area contributed by atoms with Gasteiger partial charge in [0.1, 0.15) is 18.3 Å². The SMILES string of the molecule is C=CC(C)O[C@@H]1O[C@H](COCc2ccccc2)[C@H](F)[C@H](OCc2ccccc2)[C@H]1OCc1ccccc1. The van der Waals surface area contributed by atoms with Crippen LogP contribution in [0.2, 0.25) is 0 Å². The molecular weight excluding hydrogens is 471 g/mol. The second-order valence-corrected chi connectivity index (χ2v) is 9.09. The molecule has 3 aromatic carbocycles. The van der Waals surface area contributed by atoms with Crippen LogP contribution in [0.25, 0.3) is 0 Å². The van der Waals surface area contributed by atoms with Crippen molar-refractivity contribution in [2.45, 2.75) is 63.6 Å². The van der Waals surface area contributed by atoms with E-state index in [4.69, 9.17) is 23.7 Å². The maximum atomic E-state index is 16.0. The van der Waals surface area contributed by atoms with Crippen LogP contribution in [0.3, 0.4) is 0 Å². The minimum absolute atomic E-state index is 0.0506. The number of benzene rings is 3. The number of ether oxygens (including phenoxy) is 5. The maximum Gasteiger partial charge on any atom is 0.187 e. The largest absolute Gasteiger partial charge is 0.374 e. The molecule has 4 rings (SSSR count). The molecular formula is C31H35FO5. The van der Waals surface area contributed by atoms with Crippen molar-refractivity contribution in [2.75, 3.05) is 6.61 Å². The fourth-order valence-corrected chi connectivity index (χ4v) is 4.14. The Hall–Kier alpha value is -2.87. The van der Waals surface area contributed by atoms with E-state index >= 15 is 4.39 Å². The predicted molar refractivity (Wildman–Crippen MR) is 140 cm³/mol. The molecule has 1 fully saturated rings. The summed E-state index contributed by atoms with van der Waals surface area (Å²) >= 11 is 0. The van der Waals surface area contributed by atoms with Gasteiger partial charge in [0, 0.05) is 0 Å². The van der Waals surface area contributed by atoms with E-state index in [0.717, 1.165) is 16.7 Å². The van der Waals surface area contributed by atoms with E-state index in [9.17, 15) is 0 Å². The second kappa shape index (κ2) is 14.2. The van der Waals surface area contributed by atoms with Crippen molar-refractivity contribution in [2.24, 2.45) is 0 Å². The molecule has 1 heterocycles. The molecule has 1 aliphatic rings. The number of hydrogen-bond acceptors (Lipinski definition) is 5. The predicted octanol–water partition coefficient (Wildman–Crippen LogP) is 6.03. The summed E-state index contributed by atoms with van der Waals surface area (Å²) in [4.78, 5) is 0. The number of hydrogen-bond donors (Lipinski definition) is 0. The Morgan fingerprint density at radius 1 is 0.784 bits per heavy atom. The van der Waals surface area contributed by atoms with Gasteiger partial charge in [0.25, 0.3) is 0 Å². The Morgan fingerprint density at radius 3 is 1.78 bits per heavy atom. The van der Waals surface area contributed by atoms with Gasteiger partial charge in [0.05, 0.1) is 32.5 Å². The Labute approximate surface area is 218 Å². The van der Waals surface area contributed by atoms with Crippen LogP contribution in [-0.2, 0) is 43.5 Å². The van der Waals surface area contributed by atoms with Crippen molar-refractivity contribution in [1.29, 1.82) is 0 Å². The third-order valence-corrected chi connectivity index (χ3v) is 6.21. The van der Waals surface area contributed by atoms with Gasteiger partial charge in [-0.3, -0.25) is 0 Å². The summed E-state index contributed by atoms with van der Waals surface area (Å²) in [5.74, 6) is 0. The summed E-state index contributed by atoms with van der Waals surface area (Å²) < 4.78 is 46.5. The smallest absolute Gasteiger partial charge is 0.187 e. The molecule has 37 heavy (non-hydrogen) atoms. The lowest BCUT2D eigenvalue weighted by atomic mass is 9.99. The summed E-state index contributed by atoms with van der Waals surface area (Å²) in [5, 5.41) is 0. The van der Waals surface area contributed by atoms with Crippen LogP contribution in [0.5, 0.6) is 0 Å². The highest BCUT2D eigenvalue weighted by Gasteiger charge is 2.49. The number of alkyl halides is 1. The lowest BCUT2D eigenvalue weighted by Gasteiger charge is -2.43. The van der Waals surface area contributed by atoms with Gasteiger partial charge < -0.3 is 23.7 Å². The first-order valence-electron chi connectivity index (χ1n) is 12.6. The zero-order valence-electron chi connectivity index (χ0n) is 21.2. The molecule has 0 N–H and O–H groups in total. The average Bonchev–Trinajstić information content (AvgIpc) is 2.94. The molecule has 0 amide bonds. The quantitative estimate of drug-likeness (QED) is 0.265. The first kappa shape index (κ1) is 27.2. The van der Waals surface area contributed by atoms with Gasteiger partial charge >= 0.3 is 0 Å². The monoisotopic (exact) mass is 506 g/mol. The van der Waals surface area contributed by atoms with E-state index in [1.54, 1.807) is 6.08 Å². The lowest BCUT2D eigenvalue weighted by molar-refractivity contribution is -0.316. The Morgan fingerprint density at radius 2 is 1.27 bits per heavy atom. The lowest BCUT2D eigenvalue weighted by Crippen LogP contribution is -2.60. The van der Waals surface area contributed by atoms with Gasteiger partial charge in [-0.1, -0.05) is 97.1 Å². The van der Waals surface area contributed by atoms with E-state index in [-0.39, 0.29) is 25.9 Å². The Bertz CT molecular complexity index is 1050. The van der Waals surface area contributed by atoms with Gasteiger partial charge in [-0.05, 0) is 23.6 Å². The van der Waals surface area contributed by atoms with E-state index in [1.165, 1.54) is 0 Å².